The molecular weight excluding hydrogens is 273 g/mol. The quantitative estimate of drug-likeness (QED) is 0.843. The lowest BCUT2D eigenvalue weighted by molar-refractivity contribution is -0.194. The molecule has 4 nitrogen and oxygen atoms in total. The van der Waals surface area contributed by atoms with Gasteiger partial charge in [0.1, 0.15) is 5.54 Å². The van der Waals surface area contributed by atoms with E-state index in [0.717, 1.165) is 13.1 Å². The normalized spacial score (nSPS) is 34.1. The zero-order valence-electron chi connectivity index (χ0n) is 11.6. The van der Waals surface area contributed by atoms with Crippen LogP contribution in [0.5, 0.6) is 0 Å². The molecule has 0 amide bonds. The molecule has 1 aliphatic heterocycles. The number of halogens is 3. The van der Waals surface area contributed by atoms with Gasteiger partial charge in [-0.2, -0.15) is 13.2 Å². The van der Waals surface area contributed by atoms with Gasteiger partial charge in [-0.25, -0.2) is 0 Å². The van der Waals surface area contributed by atoms with Crippen LogP contribution in [0.25, 0.3) is 0 Å². The molecule has 0 bridgehead atoms. The predicted molar refractivity (Wildman–Crippen MR) is 67.4 cm³/mol. The number of likely N-dealkylation sites (N-methyl/N-ethyl adjacent to an activating group) is 1. The number of alkyl halides is 3. The van der Waals surface area contributed by atoms with Gasteiger partial charge in [-0.1, -0.05) is 0 Å². The highest BCUT2D eigenvalue weighted by molar-refractivity contribution is 5.79. The molecule has 116 valence electrons. The Morgan fingerprint density at radius 1 is 1.15 bits per heavy atom. The van der Waals surface area contributed by atoms with Crippen molar-refractivity contribution in [2.24, 2.45) is 5.92 Å². The van der Waals surface area contributed by atoms with Crippen molar-refractivity contribution in [3.63, 3.8) is 0 Å². The van der Waals surface area contributed by atoms with E-state index in [1.54, 1.807) is 0 Å². The Kier molecular flexibility index (Phi) is 4.30. The van der Waals surface area contributed by atoms with Crippen molar-refractivity contribution in [3.05, 3.63) is 0 Å². The van der Waals surface area contributed by atoms with Gasteiger partial charge >= 0.3 is 12.1 Å². The smallest absolute Gasteiger partial charge is 0.391 e. The lowest BCUT2D eigenvalue weighted by Gasteiger charge is -2.47. The summed E-state index contributed by atoms with van der Waals surface area (Å²) in [4.78, 5) is 15.7. The van der Waals surface area contributed by atoms with Crippen LogP contribution in [-0.2, 0) is 4.79 Å². The van der Waals surface area contributed by atoms with E-state index in [9.17, 15) is 23.1 Å². The molecule has 2 aliphatic rings. The summed E-state index contributed by atoms with van der Waals surface area (Å²) >= 11 is 0. The molecule has 0 spiro atoms. The van der Waals surface area contributed by atoms with Gasteiger partial charge in [0.2, 0.25) is 0 Å². The summed E-state index contributed by atoms with van der Waals surface area (Å²) in [6, 6.07) is 0. The van der Waals surface area contributed by atoms with E-state index < -0.39 is 23.6 Å². The van der Waals surface area contributed by atoms with E-state index in [1.165, 1.54) is 0 Å². The van der Waals surface area contributed by atoms with Gasteiger partial charge in [-0.3, -0.25) is 9.69 Å². The standard InChI is InChI=1S/C13H21F3N2O2/c1-17-6-8-18(9-7-17)12(11(19)20)4-2-10(3-5-12)13(14,15)16/h10H,2-9H2,1H3,(H,19,20). The maximum absolute atomic E-state index is 12.7. The van der Waals surface area contributed by atoms with E-state index in [2.05, 4.69) is 4.90 Å². The van der Waals surface area contributed by atoms with E-state index in [4.69, 9.17) is 0 Å². The summed E-state index contributed by atoms with van der Waals surface area (Å²) in [5, 5.41) is 9.56. The molecule has 0 aromatic heterocycles. The number of carboxylic acid groups (broad SMARTS) is 1. The summed E-state index contributed by atoms with van der Waals surface area (Å²) in [5.41, 5.74) is -1.09. The summed E-state index contributed by atoms with van der Waals surface area (Å²) in [5.74, 6) is -2.31. The van der Waals surface area contributed by atoms with Gasteiger partial charge in [0.25, 0.3) is 0 Å². The highest BCUT2D eigenvalue weighted by atomic mass is 19.4. The minimum absolute atomic E-state index is 0.0812. The van der Waals surface area contributed by atoms with Crippen LogP contribution in [0.2, 0.25) is 0 Å². The number of aliphatic carboxylic acids is 1. The molecular formula is C13H21F3N2O2. The molecule has 1 N–H and O–H groups in total. The number of nitrogens with zero attached hydrogens (tertiary/aromatic N) is 2. The molecule has 1 heterocycles. The minimum atomic E-state index is -4.20. The Balaban J connectivity index is 2.08. The second-order valence-corrected chi connectivity index (χ2v) is 5.94. The molecule has 0 atom stereocenters. The zero-order valence-corrected chi connectivity index (χ0v) is 11.6. The summed E-state index contributed by atoms with van der Waals surface area (Å²) in [7, 11) is 1.96. The largest absolute Gasteiger partial charge is 0.480 e. The van der Waals surface area contributed by atoms with Crippen molar-refractivity contribution in [1.82, 2.24) is 9.80 Å². The first-order chi connectivity index (χ1) is 9.25. The van der Waals surface area contributed by atoms with Crippen molar-refractivity contribution in [2.45, 2.75) is 37.4 Å². The summed E-state index contributed by atoms with van der Waals surface area (Å²) in [6.45, 7) is 2.74. The van der Waals surface area contributed by atoms with Crippen molar-refractivity contribution in [3.8, 4) is 0 Å². The van der Waals surface area contributed by atoms with Gasteiger partial charge in [-0.15, -0.1) is 0 Å². The lowest BCUT2D eigenvalue weighted by atomic mass is 9.74. The van der Waals surface area contributed by atoms with Crippen LogP contribution < -0.4 is 0 Å². The monoisotopic (exact) mass is 294 g/mol. The Bertz CT molecular complexity index is 357. The van der Waals surface area contributed by atoms with Crippen molar-refractivity contribution < 1.29 is 23.1 Å². The van der Waals surface area contributed by atoms with Crippen LogP contribution in [0, 0.1) is 5.92 Å². The van der Waals surface area contributed by atoms with Crippen LogP contribution in [0.3, 0.4) is 0 Å². The fourth-order valence-electron chi connectivity index (χ4n) is 3.32. The molecule has 0 aromatic carbocycles. The Hall–Kier alpha value is -0.820. The molecule has 1 saturated heterocycles. The highest BCUT2D eigenvalue weighted by Crippen LogP contribution is 2.43. The number of rotatable bonds is 2. The van der Waals surface area contributed by atoms with E-state index >= 15 is 0 Å². The van der Waals surface area contributed by atoms with Crippen molar-refractivity contribution in [2.75, 3.05) is 33.2 Å². The van der Waals surface area contributed by atoms with Gasteiger partial charge < -0.3 is 10.0 Å². The van der Waals surface area contributed by atoms with Crippen LogP contribution in [0.4, 0.5) is 13.2 Å². The zero-order chi connectivity index (χ0) is 15.0. The molecule has 2 rings (SSSR count). The van der Waals surface area contributed by atoms with Crippen molar-refractivity contribution in [1.29, 1.82) is 0 Å². The molecule has 1 saturated carbocycles. The van der Waals surface area contributed by atoms with Crippen LogP contribution in [0.15, 0.2) is 0 Å². The Morgan fingerprint density at radius 3 is 2.05 bits per heavy atom. The third kappa shape index (κ3) is 2.93. The Morgan fingerprint density at radius 2 is 1.65 bits per heavy atom. The number of piperazine rings is 1. The van der Waals surface area contributed by atoms with Gasteiger partial charge in [0.05, 0.1) is 5.92 Å². The van der Waals surface area contributed by atoms with Crippen LogP contribution in [0.1, 0.15) is 25.7 Å². The van der Waals surface area contributed by atoms with Gasteiger partial charge in [0.15, 0.2) is 0 Å². The second-order valence-electron chi connectivity index (χ2n) is 5.94. The van der Waals surface area contributed by atoms with Gasteiger partial charge in [0, 0.05) is 26.2 Å². The first kappa shape index (κ1) is 15.6. The molecule has 0 unspecified atom stereocenters. The minimum Gasteiger partial charge on any atom is -0.480 e. The number of carboxylic acids is 1. The molecule has 2 fully saturated rings. The first-order valence-corrected chi connectivity index (χ1v) is 6.99. The molecule has 7 heteroatoms. The molecule has 0 aromatic rings. The third-order valence-corrected chi connectivity index (χ3v) is 4.78. The van der Waals surface area contributed by atoms with E-state index in [0.29, 0.717) is 13.1 Å². The predicted octanol–water partition coefficient (Wildman–Crippen LogP) is 1.81. The molecule has 1 aliphatic carbocycles. The number of carbonyl (C=O) groups is 1. The summed E-state index contributed by atoms with van der Waals surface area (Å²) in [6.07, 6.45) is -4.18. The molecule has 0 radical (unpaired) electrons. The lowest BCUT2D eigenvalue weighted by Crippen LogP contribution is -2.62. The topological polar surface area (TPSA) is 43.8 Å². The average Bonchev–Trinajstić information content (AvgIpc) is 2.38. The SMILES string of the molecule is CN1CCN(C2(C(=O)O)CCC(C(F)(F)F)CC2)CC1. The average molecular weight is 294 g/mol. The fourth-order valence-corrected chi connectivity index (χ4v) is 3.32. The summed E-state index contributed by atoms with van der Waals surface area (Å²) < 4.78 is 38.2. The maximum atomic E-state index is 12.7. The Labute approximate surface area is 116 Å². The third-order valence-electron chi connectivity index (χ3n) is 4.78. The first-order valence-electron chi connectivity index (χ1n) is 6.99. The highest BCUT2D eigenvalue weighted by Gasteiger charge is 2.51. The van der Waals surface area contributed by atoms with Crippen LogP contribution >= 0.6 is 0 Å². The van der Waals surface area contributed by atoms with E-state index in [1.807, 2.05) is 11.9 Å². The van der Waals surface area contributed by atoms with Crippen LogP contribution in [-0.4, -0.2) is 65.8 Å². The van der Waals surface area contributed by atoms with Crippen molar-refractivity contribution >= 4 is 5.97 Å². The maximum Gasteiger partial charge on any atom is 0.391 e. The van der Waals surface area contributed by atoms with E-state index in [-0.39, 0.29) is 25.7 Å². The number of hydrogen-bond donors (Lipinski definition) is 1. The molecule has 20 heavy (non-hydrogen) atoms. The number of hydrogen-bond acceptors (Lipinski definition) is 3. The fraction of sp³-hybridized carbons (Fsp3) is 0.923. The second kappa shape index (κ2) is 5.52. The van der Waals surface area contributed by atoms with Gasteiger partial charge in [-0.05, 0) is 32.7 Å².